The third-order valence-electron chi connectivity index (χ3n) is 3.49. The van der Waals surface area contributed by atoms with Gasteiger partial charge in [-0.3, -0.25) is 14.1 Å². The Labute approximate surface area is 168 Å². The highest BCUT2D eigenvalue weighted by Gasteiger charge is 2.29. The summed E-state index contributed by atoms with van der Waals surface area (Å²) < 4.78 is 43.2. The monoisotopic (exact) mass is 428 g/mol. The number of anilines is 1. The van der Waals surface area contributed by atoms with Gasteiger partial charge in [0.1, 0.15) is 16.5 Å². The second-order valence-corrected chi connectivity index (χ2v) is 9.22. The van der Waals surface area contributed by atoms with Crippen LogP contribution in [0.1, 0.15) is 43.0 Å². The number of hydrogen-bond acceptors (Lipinski definition) is 7. The highest BCUT2D eigenvalue weighted by atomic mass is 32.2. The van der Waals surface area contributed by atoms with Crippen LogP contribution >= 0.6 is 11.3 Å². The number of hydrogen-bond donors (Lipinski definition) is 2. The van der Waals surface area contributed by atoms with Crippen molar-refractivity contribution in [2.45, 2.75) is 45.3 Å². The standard InChI is InChI=1S/C18H24N2O6S2/c1-18(2,3)26-17(21)15(16-19-14(10-25-4)11-27-16)9-12-5-7-13(8-6-12)20-28(22,23)24/h5-8,11,15,20H,9-10H2,1-4H3,(H,22,23,24)/t15-/m1/s1. The first-order valence-electron chi connectivity index (χ1n) is 8.47. The summed E-state index contributed by atoms with van der Waals surface area (Å²) in [5.41, 5.74) is 1.12. The van der Waals surface area contributed by atoms with Crippen molar-refractivity contribution in [2.75, 3.05) is 11.8 Å². The van der Waals surface area contributed by atoms with Gasteiger partial charge in [0.05, 0.1) is 18.0 Å². The molecule has 0 aliphatic carbocycles. The Morgan fingerprint density at radius 1 is 1.29 bits per heavy atom. The second-order valence-electron chi connectivity index (χ2n) is 7.17. The maximum atomic E-state index is 12.8. The van der Waals surface area contributed by atoms with E-state index in [-0.39, 0.29) is 11.7 Å². The van der Waals surface area contributed by atoms with Gasteiger partial charge in [-0.25, -0.2) is 4.98 Å². The molecule has 1 aromatic heterocycles. The van der Waals surface area contributed by atoms with Gasteiger partial charge < -0.3 is 9.47 Å². The molecular weight excluding hydrogens is 404 g/mol. The number of nitrogens with one attached hydrogen (secondary N) is 1. The van der Waals surface area contributed by atoms with Gasteiger partial charge in [0.15, 0.2) is 0 Å². The van der Waals surface area contributed by atoms with Crippen LogP contribution in [0.3, 0.4) is 0 Å². The average molecular weight is 429 g/mol. The Kier molecular flexibility index (Phi) is 7.16. The van der Waals surface area contributed by atoms with Crippen molar-refractivity contribution in [3.63, 3.8) is 0 Å². The fourth-order valence-corrected chi connectivity index (χ4v) is 3.76. The first-order valence-corrected chi connectivity index (χ1v) is 10.8. The highest BCUT2D eigenvalue weighted by Crippen LogP contribution is 2.28. The van der Waals surface area contributed by atoms with E-state index in [4.69, 9.17) is 14.0 Å². The van der Waals surface area contributed by atoms with Crippen LogP contribution < -0.4 is 4.72 Å². The Hall–Kier alpha value is -2.01. The lowest BCUT2D eigenvalue weighted by molar-refractivity contribution is -0.156. The van der Waals surface area contributed by atoms with Gasteiger partial charge in [-0.2, -0.15) is 8.42 Å². The quantitative estimate of drug-likeness (QED) is 0.490. The minimum atomic E-state index is -4.34. The van der Waals surface area contributed by atoms with E-state index in [1.165, 1.54) is 23.5 Å². The van der Waals surface area contributed by atoms with Crippen LogP contribution in [0.25, 0.3) is 0 Å². The Balaban J connectivity index is 2.24. The van der Waals surface area contributed by atoms with Crippen LogP contribution in [0.2, 0.25) is 0 Å². The predicted octanol–water partition coefficient (Wildman–Crippen LogP) is 3.17. The molecule has 0 fully saturated rings. The molecule has 1 aromatic carbocycles. The number of rotatable bonds is 8. The zero-order valence-corrected chi connectivity index (χ0v) is 17.8. The molecule has 0 spiro atoms. The van der Waals surface area contributed by atoms with E-state index in [1.807, 2.05) is 10.1 Å². The fraction of sp³-hybridized carbons (Fsp3) is 0.444. The molecule has 154 valence electrons. The molecular formula is C18H24N2O6S2. The summed E-state index contributed by atoms with van der Waals surface area (Å²) in [6.07, 6.45) is 0.334. The number of carbonyl (C=O) groups is 1. The van der Waals surface area contributed by atoms with Crippen molar-refractivity contribution in [3.05, 3.63) is 45.9 Å². The van der Waals surface area contributed by atoms with E-state index in [0.717, 1.165) is 11.3 Å². The van der Waals surface area contributed by atoms with Crippen LogP contribution in [0.15, 0.2) is 29.6 Å². The van der Waals surface area contributed by atoms with E-state index < -0.39 is 21.8 Å². The molecule has 0 amide bonds. The molecule has 10 heteroatoms. The predicted molar refractivity (Wildman–Crippen MR) is 107 cm³/mol. The fourth-order valence-electron chi connectivity index (χ4n) is 2.43. The maximum Gasteiger partial charge on any atom is 0.357 e. The Bertz CT molecular complexity index is 901. The molecule has 2 rings (SSSR count). The molecule has 0 bridgehead atoms. The van der Waals surface area contributed by atoms with E-state index in [0.29, 0.717) is 18.0 Å². The average Bonchev–Trinajstić information content (AvgIpc) is 2.99. The summed E-state index contributed by atoms with van der Waals surface area (Å²) in [5.74, 6) is -0.985. The first-order chi connectivity index (χ1) is 13.0. The summed E-state index contributed by atoms with van der Waals surface area (Å²) >= 11 is 1.37. The van der Waals surface area contributed by atoms with Crippen LogP contribution in [-0.4, -0.2) is 36.6 Å². The minimum absolute atomic E-state index is 0.219. The SMILES string of the molecule is COCc1csc([C@@H](Cc2ccc(NS(=O)(=O)O)cc2)C(=O)OC(C)(C)C)n1. The molecule has 0 radical (unpaired) electrons. The van der Waals surface area contributed by atoms with Crippen LogP contribution in [0, 0.1) is 0 Å². The summed E-state index contributed by atoms with van der Waals surface area (Å²) in [4.78, 5) is 17.3. The van der Waals surface area contributed by atoms with Crippen molar-refractivity contribution in [1.82, 2.24) is 4.98 Å². The zero-order chi connectivity index (χ0) is 20.9. The first kappa shape index (κ1) is 22.3. The van der Waals surface area contributed by atoms with Crippen molar-refractivity contribution < 1.29 is 27.2 Å². The summed E-state index contributed by atoms with van der Waals surface area (Å²) in [6.45, 7) is 5.76. The maximum absolute atomic E-state index is 12.8. The molecule has 0 saturated carbocycles. The lowest BCUT2D eigenvalue weighted by Crippen LogP contribution is -2.28. The summed E-state index contributed by atoms with van der Waals surface area (Å²) in [6, 6.07) is 6.37. The van der Waals surface area contributed by atoms with E-state index in [2.05, 4.69) is 4.98 Å². The van der Waals surface area contributed by atoms with Gasteiger partial charge >= 0.3 is 16.3 Å². The number of methoxy groups -OCH3 is 1. The molecule has 28 heavy (non-hydrogen) atoms. The number of carbonyl (C=O) groups excluding carboxylic acids is 1. The van der Waals surface area contributed by atoms with E-state index in [9.17, 15) is 13.2 Å². The number of nitrogens with zero attached hydrogens (tertiary/aromatic N) is 1. The third kappa shape index (κ3) is 7.19. The number of esters is 1. The molecule has 0 saturated heterocycles. The van der Waals surface area contributed by atoms with E-state index >= 15 is 0 Å². The number of benzene rings is 1. The van der Waals surface area contributed by atoms with Gasteiger partial charge in [-0.15, -0.1) is 11.3 Å². The van der Waals surface area contributed by atoms with Gasteiger partial charge in [0.25, 0.3) is 0 Å². The zero-order valence-electron chi connectivity index (χ0n) is 16.1. The summed E-state index contributed by atoms with van der Waals surface area (Å²) in [5, 5.41) is 2.47. The molecule has 1 heterocycles. The third-order valence-corrected chi connectivity index (χ3v) is 4.99. The molecule has 0 aliphatic rings. The largest absolute Gasteiger partial charge is 0.459 e. The Morgan fingerprint density at radius 3 is 2.46 bits per heavy atom. The molecule has 8 nitrogen and oxygen atoms in total. The van der Waals surface area contributed by atoms with Crippen molar-refractivity contribution >= 4 is 33.3 Å². The van der Waals surface area contributed by atoms with Crippen LogP contribution in [0.4, 0.5) is 5.69 Å². The molecule has 0 aliphatic heterocycles. The lowest BCUT2D eigenvalue weighted by Gasteiger charge is -2.23. The topological polar surface area (TPSA) is 115 Å². The molecule has 2 aromatic rings. The van der Waals surface area contributed by atoms with Crippen molar-refractivity contribution in [3.8, 4) is 0 Å². The minimum Gasteiger partial charge on any atom is -0.459 e. The van der Waals surface area contributed by atoms with Crippen LogP contribution in [0.5, 0.6) is 0 Å². The molecule has 0 unspecified atom stereocenters. The normalized spacial score (nSPS) is 13.2. The highest BCUT2D eigenvalue weighted by molar-refractivity contribution is 7.87. The number of thiazole rings is 1. The van der Waals surface area contributed by atoms with Crippen LogP contribution in [-0.2, 0) is 37.6 Å². The van der Waals surface area contributed by atoms with Gasteiger partial charge in [-0.05, 0) is 44.9 Å². The molecule has 2 N–H and O–H groups in total. The van der Waals surface area contributed by atoms with Gasteiger partial charge in [-0.1, -0.05) is 12.1 Å². The van der Waals surface area contributed by atoms with Gasteiger partial charge in [0.2, 0.25) is 0 Å². The van der Waals surface area contributed by atoms with Crippen molar-refractivity contribution in [1.29, 1.82) is 0 Å². The Morgan fingerprint density at radius 2 is 1.93 bits per heavy atom. The molecule has 1 atom stereocenters. The summed E-state index contributed by atoms with van der Waals surface area (Å²) in [7, 11) is -2.76. The lowest BCUT2D eigenvalue weighted by atomic mass is 9.99. The van der Waals surface area contributed by atoms with E-state index in [1.54, 1.807) is 40.0 Å². The van der Waals surface area contributed by atoms with Gasteiger partial charge in [0, 0.05) is 12.5 Å². The van der Waals surface area contributed by atoms with Crippen molar-refractivity contribution in [2.24, 2.45) is 0 Å². The second kappa shape index (κ2) is 8.99. The number of ether oxygens (including phenoxy) is 2. The number of aromatic nitrogens is 1. The smallest absolute Gasteiger partial charge is 0.357 e.